The summed E-state index contributed by atoms with van der Waals surface area (Å²) in [5.41, 5.74) is 1.42. The van der Waals surface area contributed by atoms with Crippen LogP contribution in [0.5, 0.6) is 17.2 Å². The van der Waals surface area contributed by atoms with Crippen LogP contribution >= 0.6 is 0 Å². The lowest BCUT2D eigenvalue weighted by atomic mass is 9.99. The maximum atomic E-state index is 13.7. The van der Waals surface area contributed by atoms with Gasteiger partial charge in [-0.05, 0) is 38.5 Å². The van der Waals surface area contributed by atoms with Gasteiger partial charge in [0.05, 0.1) is 7.11 Å². The number of benzene rings is 2. The van der Waals surface area contributed by atoms with Crippen LogP contribution in [0.3, 0.4) is 0 Å². The number of phenols is 2. The quantitative estimate of drug-likeness (QED) is 0.449. The van der Waals surface area contributed by atoms with Gasteiger partial charge in [-0.15, -0.1) is 0 Å². The van der Waals surface area contributed by atoms with Gasteiger partial charge in [-0.25, -0.2) is 4.39 Å². The monoisotopic (exact) mass is 356 g/mol. The third-order valence-electron chi connectivity index (χ3n) is 3.85. The Hall–Kier alpha value is -3.08. The average molecular weight is 356 g/mol. The summed E-state index contributed by atoms with van der Waals surface area (Å²) in [7, 11) is 1.33. The number of phenolic OH excluding ortho intramolecular Hbond substituents is 2. The van der Waals surface area contributed by atoms with E-state index in [-0.39, 0.29) is 40.4 Å². The second-order valence-electron chi connectivity index (χ2n) is 6.00. The summed E-state index contributed by atoms with van der Waals surface area (Å²) in [5.74, 6) is -1.47. The molecule has 0 amide bonds. The molecular weight excluding hydrogens is 335 g/mol. The molecule has 0 aromatic heterocycles. The number of allylic oxidation sites excluding steroid dienone is 3. The first-order valence-corrected chi connectivity index (χ1v) is 8.07. The van der Waals surface area contributed by atoms with Crippen LogP contribution in [0.15, 0.2) is 48.1 Å². The van der Waals surface area contributed by atoms with E-state index < -0.39 is 11.6 Å². The molecule has 0 saturated heterocycles. The third-order valence-corrected chi connectivity index (χ3v) is 3.85. The molecule has 5 heteroatoms. The summed E-state index contributed by atoms with van der Waals surface area (Å²) in [6.45, 7) is 3.78. The van der Waals surface area contributed by atoms with E-state index in [1.165, 1.54) is 31.4 Å². The Morgan fingerprint density at radius 2 is 1.92 bits per heavy atom. The van der Waals surface area contributed by atoms with Gasteiger partial charge in [0.25, 0.3) is 0 Å². The zero-order chi connectivity index (χ0) is 19.3. The largest absolute Gasteiger partial charge is 0.507 e. The second kappa shape index (κ2) is 8.34. The zero-order valence-electron chi connectivity index (χ0n) is 14.9. The predicted molar refractivity (Wildman–Crippen MR) is 99.2 cm³/mol. The number of hydrogen-bond acceptors (Lipinski definition) is 4. The molecule has 0 fully saturated rings. The predicted octanol–water partition coefficient (Wildman–Crippen LogP) is 4.65. The first-order chi connectivity index (χ1) is 12.3. The summed E-state index contributed by atoms with van der Waals surface area (Å²) < 4.78 is 18.8. The average Bonchev–Trinajstić information content (AvgIpc) is 2.59. The highest BCUT2D eigenvalue weighted by molar-refractivity contribution is 6.11. The molecule has 136 valence electrons. The Labute approximate surface area is 151 Å². The van der Waals surface area contributed by atoms with Gasteiger partial charge in [-0.2, -0.15) is 0 Å². The molecule has 0 aliphatic rings. The Morgan fingerprint density at radius 3 is 2.54 bits per heavy atom. The molecule has 2 N–H and O–H groups in total. The minimum absolute atomic E-state index is 0.0455. The number of ketones is 1. The van der Waals surface area contributed by atoms with Crippen molar-refractivity contribution in [1.29, 1.82) is 0 Å². The van der Waals surface area contributed by atoms with E-state index in [0.29, 0.717) is 0 Å². The molecule has 0 heterocycles. The fourth-order valence-electron chi connectivity index (χ4n) is 2.44. The number of methoxy groups -OCH3 is 1. The van der Waals surface area contributed by atoms with Crippen molar-refractivity contribution >= 4 is 11.9 Å². The lowest BCUT2D eigenvalue weighted by molar-refractivity contribution is 0.104. The van der Waals surface area contributed by atoms with Crippen LogP contribution in [0, 0.1) is 5.82 Å². The van der Waals surface area contributed by atoms with Crippen LogP contribution in [0.4, 0.5) is 4.39 Å². The van der Waals surface area contributed by atoms with Crippen LogP contribution in [0.2, 0.25) is 0 Å². The van der Waals surface area contributed by atoms with Gasteiger partial charge in [0.1, 0.15) is 28.6 Å². The molecule has 0 radical (unpaired) electrons. The zero-order valence-corrected chi connectivity index (χ0v) is 14.9. The van der Waals surface area contributed by atoms with Crippen LogP contribution in [0.1, 0.15) is 35.3 Å². The number of ether oxygens (including phenoxy) is 1. The first kappa shape index (κ1) is 19.2. The molecular formula is C21H21FO4. The van der Waals surface area contributed by atoms with Crippen molar-refractivity contribution < 1.29 is 24.1 Å². The molecule has 0 aliphatic heterocycles. The summed E-state index contributed by atoms with van der Waals surface area (Å²) in [6.07, 6.45) is 4.59. The third kappa shape index (κ3) is 4.30. The van der Waals surface area contributed by atoms with Crippen molar-refractivity contribution in [2.75, 3.05) is 7.11 Å². The van der Waals surface area contributed by atoms with Crippen molar-refractivity contribution in [2.45, 2.75) is 20.3 Å². The van der Waals surface area contributed by atoms with Crippen molar-refractivity contribution in [2.24, 2.45) is 0 Å². The molecule has 0 bridgehead atoms. The number of carbonyl (C=O) groups excluding carboxylic acids is 1. The van der Waals surface area contributed by atoms with Gasteiger partial charge in [-0.1, -0.05) is 29.8 Å². The number of hydrogen-bond donors (Lipinski definition) is 2. The lowest BCUT2D eigenvalue weighted by Crippen LogP contribution is -2.02. The Balaban J connectivity index is 2.46. The maximum Gasteiger partial charge on any atom is 0.193 e. The van der Waals surface area contributed by atoms with Crippen molar-refractivity contribution in [3.63, 3.8) is 0 Å². The van der Waals surface area contributed by atoms with E-state index in [4.69, 9.17) is 4.74 Å². The van der Waals surface area contributed by atoms with Crippen LogP contribution in [-0.2, 0) is 6.42 Å². The Bertz CT molecular complexity index is 878. The van der Waals surface area contributed by atoms with E-state index in [0.717, 1.165) is 11.6 Å². The summed E-state index contributed by atoms with van der Waals surface area (Å²) in [5, 5.41) is 20.6. The number of rotatable bonds is 6. The van der Waals surface area contributed by atoms with Gasteiger partial charge >= 0.3 is 0 Å². The van der Waals surface area contributed by atoms with Gasteiger partial charge in [-0.3, -0.25) is 4.79 Å². The SMILES string of the molecule is COc1cc(O)c(CC=C(C)C)c(O)c1C(=O)/C=C/c1ccccc1F. The molecule has 0 spiro atoms. The summed E-state index contributed by atoms with van der Waals surface area (Å²) in [4.78, 5) is 12.6. The normalized spacial score (nSPS) is 10.8. The van der Waals surface area contributed by atoms with Gasteiger partial charge in [0.2, 0.25) is 0 Å². The Morgan fingerprint density at radius 1 is 1.23 bits per heavy atom. The maximum absolute atomic E-state index is 13.7. The van der Waals surface area contributed by atoms with Crippen molar-refractivity contribution in [3.05, 3.63) is 70.6 Å². The number of aromatic hydroxyl groups is 2. The molecule has 0 unspecified atom stereocenters. The summed E-state index contributed by atoms with van der Waals surface area (Å²) in [6, 6.07) is 7.33. The second-order valence-corrected chi connectivity index (χ2v) is 6.00. The topological polar surface area (TPSA) is 66.8 Å². The molecule has 2 aromatic carbocycles. The molecule has 0 aliphatic carbocycles. The molecule has 0 saturated carbocycles. The standard InChI is InChI=1S/C21H21FO4/c1-13(2)8-10-15-18(24)12-19(26-3)20(21(15)25)17(23)11-9-14-6-4-5-7-16(14)22/h4-9,11-12,24-25H,10H2,1-3H3/b11-9+. The highest BCUT2D eigenvalue weighted by Crippen LogP contribution is 2.39. The lowest BCUT2D eigenvalue weighted by Gasteiger charge is -2.13. The molecule has 2 aromatic rings. The summed E-state index contributed by atoms with van der Waals surface area (Å²) >= 11 is 0. The van der Waals surface area contributed by atoms with E-state index in [9.17, 15) is 19.4 Å². The molecule has 4 nitrogen and oxygen atoms in total. The number of carbonyl (C=O) groups is 1. The van der Waals surface area contributed by atoms with Gasteiger partial charge < -0.3 is 14.9 Å². The minimum Gasteiger partial charge on any atom is -0.507 e. The van der Waals surface area contributed by atoms with Crippen molar-refractivity contribution in [3.8, 4) is 17.2 Å². The Kier molecular flexibility index (Phi) is 6.17. The van der Waals surface area contributed by atoms with Crippen LogP contribution in [0.25, 0.3) is 6.08 Å². The van der Waals surface area contributed by atoms with Crippen LogP contribution < -0.4 is 4.74 Å². The highest BCUT2D eigenvalue weighted by atomic mass is 19.1. The van der Waals surface area contributed by atoms with E-state index in [1.807, 2.05) is 19.9 Å². The van der Waals surface area contributed by atoms with Crippen LogP contribution in [-0.4, -0.2) is 23.1 Å². The van der Waals surface area contributed by atoms with E-state index >= 15 is 0 Å². The van der Waals surface area contributed by atoms with E-state index in [2.05, 4.69) is 0 Å². The highest BCUT2D eigenvalue weighted by Gasteiger charge is 2.21. The molecule has 2 rings (SSSR count). The smallest absolute Gasteiger partial charge is 0.193 e. The first-order valence-electron chi connectivity index (χ1n) is 8.07. The van der Waals surface area contributed by atoms with Crippen molar-refractivity contribution in [1.82, 2.24) is 0 Å². The van der Waals surface area contributed by atoms with E-state index in [1.54, 1.807) is 12.1 Å². The fourth-order valence-corrected chi connectivity index (χ4v) is 2.44. The van der Waals surface area contributed by atoms with Gasteiger partial charge in [0, 0.05) is 17.2 Å². The minimum atomic E-state index is -0.555. The number of halogens is 1. The van der Waals surface area contributed by atoms with Gasteiger partial charge in [0.15, 0.2) is 5.78 Å². The molecule has 0 atom stereocenters. The molecule has 26 heavy (non-hydrogen) atoms. The fraction of sp³-hybridized carbons (Fsp3) is 0.190.